The first kappa shape index (κ1) is 12.0. The molecule has 3 nitrogen and oxygen atoms in total. The molecule has 1 aromatic carbocycles. The quantitative estimate of drug-likeness (QED) is 0.605. The number of anilines is 1. The van der Waals surface area contributed by atoms with E-state index < -0.39 is 0 Å². The monoisotopic (exact) mass is 239 g/mol. The molecule has 0 saturated carbocycles. The smallest absolute Gasteiger partial charge is 0.194 e. The summed E-state index contributed by atoms with van der Waals surface area (Å²) in [6.07, 6.45) is 5.12. The minimum Gasteiger partial charge on any atom is -0.399 e. The van der Waals surface area contributed by atoms with Gasteiger partial charge in [0.25, 0.3) is 0 Å². The molecule has 1 aromatic rings. The van der Waals surface area contributed by atoms with E-state index >= 15 is 0 Å². The summed E-state index contributed by atoms with van der Waals surface area (Å²) in [5.74, 6) is -0.430. The van der Waals surface area contributed by atoms with Crippen LogP contribution in [0.5, 0.6) is 0 Å². The van der Waals surface area contributed by atoms with Crippen LogP contribution in [0.25, 0.3) is 0 Å². The van der Waals surface area contributed by atoms with Crippen LogP contribution in [0, 0.1) is 0 Å². The number of Topliss-reactive ketones (excluding diaryl/α,β-unsaturated/α-hetero) is 2. The van der Waals surface area contributed by atoms with Gasteiger partial charge in [-0.25, -0.2) is 0 Å². The fourth-order valence-corrected chi connectivity index (χ4v) is 1.88. The van der Waals surface area contributed by atoms with E-state index in [4.69, 9.17) is 5.73 Å². The zero-order valence-corrected chi connectivity index (χ0v) is 10.1. The van der Waals surface area contributed by atoms with E-state index in [9.17, 15) is 9.59 Å². The van der Waals surface area contributed by atoms with E-state index in [2.05, 4.69) is 6.58 Å². The van der Waals surface area contributed by atoms with Crippen molar-refractivity contribution in [2.75, 3.05) is 5.73 Å². The second kappa shape index (κ2) is 4.45. The van der Waals surface area contributed by atoms with Gasteiger partial charge in [-0.15, -0.1) is 0 Å². The Labute approximate surface area is 105 Å². The van der Waals surface area contributed by atoms with E-state index in [0.717, 1.165) is 0 Å². The highest BCUT2D eigenvalue weighted by Gasteiger charge is 2.30. The van der Waals surface area contributed by atoms with Gasteiger partial charge in [-0.2, -0.15) is 0 Å². The Morgan fingerprint density at radius 2 is 1.89 bits per heavy atom. The molecule has 0 atom stereocenters. The molecule has 0 radical (unpaired) electrons. The Morgan fingerprint density at radius 1 is 1.17 bits per heavy atom. The van der Waals surface area contributed by atoms with E-state index in [-0.39, 0.29) is 17.1 Å². The van der Waals surface area contributed by atoms with Gasteiger partial charge >= 0.3 is 0 Å². The number of carbonyl (C=O) groups is 2. The molecule has 90 valence electrons. The van der Waals surface area contributed by atoms with Crippen LogP contribution in [0.1, 0.15) is 27.6 Å². The number of allylic oxidation sites excluding steroid dienone is 5. The largest absolute Gasteiger partial charge is 0.399 e. The molecule has 3 heteroatoms. The number of nitrogens with two attached hydrogens (primary N) is 1. The molecule has 0 bridgehead atoms. The molecule has 0 unspecified atom stereocenters. The molecule has 2 rings (SSSR count). The van der Waals surface area contributed by atoms with Crippen LogP contribution in [-0.4, -0.2) is 11.6 Å². The second-order valence-corrected chi connectivity index (χ2v) is 4.05. The molecule has 0 aliphatic heterocycles. The topological polar surface area (TPSA) is 60.2 Å². The summed E-state index contributed by atoms with van der Waals surface area (Å²) < 4.78 is 0. The predicted octanol–water partition coefficient (Wildman–Crippen LogP) is 2.71. The maximum absolute atomic E-state index is 12.2. The van der Waals surface area contributed by atoms with E-state index in [1.807, 2.05) is 6.92 Å². The number of benzene rings is 1. The zero-order chi connectivity index (χ0) is 13.3. The fourth-order valence-electron chi connectivity index (χ4n) is 1.88. The highest BCUT2D eigenvalue weighted by molar-refractivity contribution is 6.31. The van der Waals surface area contributed by atoms with Crippen LogP contribution >= 0.6 is 0 Å². The van der Waals surface area contributed by atoms with Crippen LogP contribution in [0.3, 0.4) is 0 Å². The number of carbonyl (C=O) groups excluding carboxylic acids is 2. The molecule has 0 heterocycles. The Bertz CT molecular complexity index is 621. The molecule has 1 aliphatic rings. The Morgan fingerprint density at radius 3 is 2.56 bits per heavy atom. The lowest BCUT2D eigenvalue weighted by atomic mass is 9.82. The average molecular weight is 239 g/mol. The normalized spacial score (nSPS) is 17.6. The molecule has 0 amide bonds. The van der Waals surface area contributed by atoms with Gasteiger partial charge in [0.05, 0.1) is 0 Å². The van der Waals surface area contributed by atoms with E-state index in [1.165, 1.54) is 6.07 Å². The summed E-state index contributed by atoms with van der Waals surface area (Å²) in [5.41, 5.74) is 7.38. The summed E-state index contributed by atoms with van der Waals surface area (Å²) >= 11 is 0. The second-order valence-electron chi connectivity index (χ2n) is 4.05. The molecule has 1 aliphatic carbocycles. The summed E-state index contributed by atoms with van der Waals surface area (Å²) in [6, 6.07) is 4.72. The third-order valence-electron chi connectivity index (χ3n) is 2.83. The van der Waals surface area contributed by atoms with Crippen LogP contribution in [0.2, 0.25) is 0 Å². The third-order valence-corrected chi connectivity index (χ3v) is 2.83. The van der Waals surface area contributed by atoms with Crippen molar-refractivity contribution in [2.24, 2.45) is 0 Å². The molecular formula is C15H13NO2. The predicted molar refractivity (Wildman–Crippen MR) is 71.6 cm³/mol. The number of fused-ring (bicyclic) bond motifs is 1. The zero-order valence-electron chi connectivity index (χ0n) is 10.1. The maximum atomic E-state index is 12.2. The van der Waals surface area contributed by atoms with Gasteiger partial charge < -0.3 is 5.73 Å². The van der Waals surface area contributed by atoms with Crippen LogP contribution in [0.15, 0.2) is 54.2 Å². The van der Waals surface area contributed by atoms with Crippen molar-refractivity contribution in [2.45, 2.75) is 6.92 Å². The van der Waals surface area contributed by atoms with Gasteiger partial charge in [0.15, 0.2) is 11.6 Å². The molecule has 0 fully saturated rings. The van der Waals surface area contributed by atoms with Crippen molar-refractivity contribution < 1.29 is 9.59 Å². The lowest BCUT2D eigenvalue weighted by molar-refractivity contribution is 0.0973. The molecular weight excluding hydrogens is 226 g/mol. The highest BCUT2D eigenvalue weighted by Crippen LogP contribution is 2.29. The Hall–Kier alpha value is -2.42. The van der Waals surface area contributed by atoms with Crippen LogP contribution in [0.4, 0.5) is 5.69 Å². The van der Waals surface area contributed by atoms with Crippen LogP contribution in [-0.2, 0) is 0 Å². The van der Waals surface area contributed by atoms with Crippen molar-refractivity contribution in [3.8, 4) is 0 Å². The molecule has 0 aromatic heterocycles. The van der Waals surface area contributed by atoms with Crippen molar-refractivity contribution in [1.29, 1.82) is 0 Å². The number of hydrogen-bond donors (Lipinski definition) is 1. The Balaban J connectivity index is 2.64. The molecule has 0 spiro atoms. The van der Waals surface area contributed by atoms with Crippen molar-refractivity contribution >= 4 is 17.3 Å². The summed E-state index contributed by atoms with van der Waals surface area (Å²) in [4.78, 5) is 24.3. The first-order valence-electron chi connectivity index (χ1n) is 5.57. The summed E-state index contributed by atoms with van der Waals surface area (Å²) in [7, 11) is 0. The van der Waals surface area contributed by atoms with Crippen molar-refractivity contribution in [1.82, 2.24) is 0 Å². The van der Waals surface area contributed by atoms with Gasteiger partial charge in [-0.1, -0.05) is 24.8 Å². The molecule has 0 saturated heterocycles. The lowest BCUT2D eigenvalue weighted by Crippen LogP contribution is -2.22. The minimum atomic E-state index is -0.243. The number of rotatable bonds is 1. The van der Waals surface area contributed by atoms with Gasteiger partial charge in [0.1, 0.15) is 0 Å². The lowest BCUT2D eigenvalue weighted by Gasteiger charge is -2.18. The van der Waals surface area contributed by atoms with E-state index in [0.29, 0.717) is 22.4 Å². The molecule has 2 N–H and O–H groups in total. The van der Waals surface area contributed by atoms with Crippen LogP contribution < -0.4 is 5.73 Å². The maximum Gasteiger partial charge on any atom is 0.194 e. The fraction of sp³-hybridized carbons (Fsp3) is 0.0667. The van der Waals surface area contributed by atoms with Gasteiger partial charge in [0, 0.05) is 28.0 Å². The van der Waals surface area contributed by atoms with Gasteiger partial charge in [-0.3, -0.25) is 9.59 Å². The van der Waals surface area contributed by atoms with Gasteiger partial charge in [0.2, 0.25) is 0 Å². The first-order chi connectivity index (χ1) is 8.56. The van der Waals surface area contributed by atoms with E-state index in [1.54, 1.807) is 30.4 Å². The minimum absolute atomic E-state index is 0.187. The number of hydrogen-bond acceptors (Lipinski definition) is 3. The summed E-state index contributed by atoms with van der Waals surface area (Å²) in [5, 5.41) is 0. The van der Waals surface area contributed by atoms with Crippen molar-refractivity contribution in [3.63, 3.8) is 0 Å². The first-order valence-corrected chi connectivity index (χ1v) is 5.57. The highest BCUT2D eigenvalue weighted by atomic mass is 16.1. The third kappa shape index (κ3) is 1.80. The standard InChI is InChI=1S/C15H13NO2/c1-3-4-5-11-9(2)14(17)13-8-10(16)6-7-12(13)15(11)18/h3-8H,2,16H2,1H3/b4-3-,11-5+. The average Bonchev–Trinajstić information content (AvgIpc) is 2.36. The number of nitrogen functional groups attached to an aromatic ring is 1. The molecule has 18 heavy (non-hydrogen) atoms. The van der Waals surface area contributed by atoms with Crippen molar-refractivity contribution in [3.05, 3.63) is 65.3 Å². The SMILES string of the molecule is C=C1C(=O)c2cc(N)ccc2C(=O)/C1=C/C=C\C. The summed E-state index contributed by atoms with van der Waals surface area (Å²) in [6.45, 7) is 5.53. The van der Waals surface area contributed by atoms with Gasteiger partial charge in [-0.05, 0) is 25.1 Å². The Kier molecular flexibility index (Phi) is 2.98. The number of ketones is 2.